The van der Waals surface area contributed by atoms with Crippen LogP contribution in [0.5, 0.6) is 0 Å². The number of halogens is 1. The molecule has 0 aromatic heterocycles. The fraction of sp³-hybridized carbons (Fsp3) is 0.364. The number of nitrogens with zero attached hydrogens (tertiary/aromatic N) is 2. The third-order valence-electron chi connectivity index (χ3n) is 5.95. The SMILES string of the molecule is CC(=O)N1CCc2cc(S(=O)(=O)N3CC[NH+](CC(=O)Nc4ccccc4Cl)CC3)ccc21. The standard InChI is InChI=1S/C22H25ClN4O4S/c1-16(28)27-9-8-17-14-18(6-7-21(17)27)32(30,31)26-12-10-25(11-13-26)15-22(29)24-20-5-3-2-4-19(20)23/h2-7,14H,8-13,15H2,1H3,(H,24,29)/p+1. The number of benzene rings is 2. The summed E-state index contributed by atoms with van der Waals surface area (Å²) in [5.41, 5.74) is 2.23. The molecular weight excluding hydrogens is 452 g/mol. The third kappa shape index (κ3) is 4.66. The van der Waals surface area contributed by atoms with Crippen LogP contribution in [-0.4, -0.2) is 63.8 Å². The van der Waals surface area contributed by atoms with Gasteiger partial charge in [0.2, 0.25) is 15.9 Å². The van der Waals surface area contributed by atoms with Crippen molar-refractivity contribution < 1.29 is 22.9 Å². The Labute approximate surface area is 192 Å². The van der Waals surface area contributed by atoms with Crippen LogP contribution in [0.1, 0.15) is 12.5 Å². The first-order chi connectivity index (χ1) is 15.3. The normalized spacial score (nSPS) is 17.2. The second kappa shape index (κ2) is 9.19. The largest absolute Gasteiger partial charge is 0.325 e. The first-order valence-electron chi connectivity index (χ1n) is 10.5. The number of anilines is 2. The van der Waals surface area contributed by atoms with Gasteiger partial charge in [0.1, 0.15) is 0 Å². The highest BCUT2D eigenvalue weighted by Gasteiger charge is 2.32. The minimum atomic E-state index is -3.63. The molecule has 0 spiro atoms. The second-order valence-corrected chi connectivity index (χ2v) is 10.4. The number of carbonyl (C=O) groups excluding carboxylic acids is 2. The van der Waals surface area contributed by atoms with Crippen LogP contribution in [0.3, 0.4) is 0 Å². The Balaban J connectivity index is 1.36. The Morgan fingerprint density at radius 2 is 1.81 bits per heavy atom. The molecule has 0 radical (unpaired) electrons. The molecule has 10 heteroatoms. The molecule has 2 heterocycles. The van der Waals surface area contributed by atoms with E-state index in [1.807, 2.05) is 0 Å². The van der Waals surface area contributed by atoms with E-state index in [0.717, 1.165) is 16.2 Å². The maximum atomic E-state index is 13.2. The summed E-state index contributed by atoms with van der Waals surface area (Å²) in [7, 11) is -3.63. The van der Waals surface area contributed by atoms with Gasteiger partial charge in [-0.25, -0.2) is 8.42 Å². The van der Waals surface area contributed by atoms with E-state index in [9.17, 15) is 18.0 Å². The van der Waals surface area contributed by atoms with Crippen molar-refractivity contribution in [1.29, 1.82) is 0 Å². The number of amides is 2. The summed E-state index contributed by atoms with van der Waals surface area (Å²) in [5, 5.41) is 3.29. The van der Waals surface area contributed by atoms with Gasteiger partial charge in [-0.05, 0) is 42.3 Å². The van der Waals surface area contributed by atoms with Gasteiger partial charge in [-0.3, -0.25) is 9.59 Å². The van der Waals surface area contributed by atoms with E-state index in [-0.39, 0.29) is 23.3 Å². The molecule has 1 saturated heterocycles. The Bertz CT molecular complexity index is 1150. The molecule has 32 heavy (non-hydrogen) atoms. The first-order valence-corrected chi connectivity index (χ1v) is 12.4. The summed E-state index contributed by atoms with van der Waals surface area (Å²) in [6.45, 7) is 4.10. The van der Waals surface area contributed by atoms with Crippen LogP contribution < -0.4 is 15.1 Å². The number of sulfonamides is 1. The quantitative estimate of drug-likeness (QED) is 0.665. The van der Waals surface area contributed by atoms with Crippen LogP contribution in [0.15, 0.2) is 47.4 Å². The van der Waals surface area contributed by atoms with Crippen LogP contribution >= 0.6 is 11.6 Å². The lowest BCUT2D eigenvalue weighted by Gasteiger charge is -2.31. The van der Waals surface area contributed by atoms with Gasteiger partial charge in [-0.1, -0.05) is 23.7 Å². The van der Waals surface area contributed by atoms with Gasteiger partial charge in [0.05, 0.1) is 41.8 Å². The monoisotopic (exact) mass is 477 g/mol. The maximum Gasteiger partial charge on any atom is 0.279 e. The number of nitrogens with one attached hydrogen (secondary N) is 2. The summed E-state index contributed by atoms with van der Waals surface area (Å²) in [6, 6.07) is 12.0. The molecule has 1 fully saturated rings. The fourth-order valence-corrected chi connectivity index (χ4v) is 5.89. The van der Waals surface area contributed by atoms with E-state index in [2.05, 4.69) is 5.32 Å². The molecule has 0 saturated carbocycles. The summed E-state index contributed by atoms with van der Waals surface area (Å²) in [6.07, 6.45) is 0.650. The predicted molar refractivity (Wildman–Crippen MR) is 123 cm³/mol. The Kier molecular flexibility index (Phi) is 6.52. The number of hydrogen-bond acceptors (Lipinski definition) is 4. The lowest BCUT2D eigenvalue weighted by Crippen LogP contribution is -3.15. The maximum absolute atomic E-state index is 13.2. The van der Waals surface area contributed by atoms with Crippen LogP contribution in [0.4, 0.5) is 11.4 Å². The van der Waals surface area contributed by atoms with Gasteiger partial charge >= 0.3 is 0 Å². The summed E-state index contributed by atoms with van der Waals surface area (Å²) < 4.78 is 27.8. The highest BCUT2D eigenvalue weighted by Crippen LogP contribution is 2.31. The van der Waals surface area contributed by atoms with Crippen molar-refractivity contribution in [3.8, 4) is 0 Å². The lowest BCUT2D eigenvalue weighted by molar-refractivity contribution is -0.895. The second-order valence-electron chi connectivity index (χ2n) is 8.07. The predicted octanol–water partition coefficient (Wildman–Crippen LogP) is 0.777. The Morgan fingerprint density at radius 1 is 1.09 bits per heavy atom. The first kappa shape index (κ1) is 22.7. The number of hydrogen-bond donors (Lipinski definition) is 2. The van der Waals surface area contributed by atoms with Crippen molar-refractivity contribution in [1.82, 2.24) is 4.31 Å². The van der Waals surface area contributed by atoms with Crippen molar-refractivity contribution in [2.45, 2.75) is 18.2 Å². The average Bonchev–Trinajstić information content (AvgIpc) is 3.19. The van der Waals surface area contributed by atoms with Crippen molar-refractivity contribution in [2.24, 2.45) is 0 Å². The van der Waals surface area contributed by atoms with Gasteiger partial charge in [-0.2, -0.15) is 4.31 Å². The molecule has 0 atom stereocenters. The molecule has 8 nitrogen and oxygen atoms in total. The van der Waals surface area contributed by atoms with Crippen molar-refractivity contribution >= 4 is 44.8 Å². The van der Waals surface area contributed by atoms with Crippen molar-refractivity contribution in [3.05, 3.63) is 53.1 Å². The van der Waals surface area contributed by atoms with Crippen LogP contribution in [0.25, 0.3) is 0 Å². The molecular formula is C22H26ClN4O4S+. The zero-order valence-electron chi connectivity index (χ0n) is 17.8. The Hall–Kier alpha value is -2.46. The topological polar surface area (TPSA) is 91.2 Å². The summed E-state index contributed by atoms with van der Waals surface area (Å²) >= 11 is 6.08. The molecule has 2 aliphatic heterocycles. The number of carbonyl (C=O) groups is 2. The summed E-state index contributed by atoms with van der Waals surface area (Å²) in [5.74, 6) is -0.199. The zero-order valence-corrected chi connectivity index (χ0v) is 19.4. The third-order valence-corrected chi connectivity index (χ3v) is 8.18. The molecule has 0 unspecified atom stereocenters. The minimum Gasteiger partial charge on any atom is -0.325 e. The molecule has 2 aliphatic rings. The zero-order chi connectivity index (χ0) is 22.9. The van der Waals surface area contributed by atoms with E-state index in [0.29, 0.717) is 49.9 Å². The lowest BCUT2D eigenvalue weighted by atomic mass is 10.2. The fourth-order valence-electron chi connectivity index (χ4n) is 4.22. The van der Waals surface area contributed by atoms with Crippen LogP contribution in [0.2, 0.25) is 5.02 Å². The van der Waals surface area contributed by atoms with E-state index in [1.54, 1.807) is 47.4 Å². The van der Waals surface area contributed by atoms with Crippen LogP contribution in [0, 0.1) is 0 Å². The highest BCUT2D eigenvalue weighted by molar-refractivity contribution is 7.89. The highest BCUT2D eigenvalue weighted by atomic mass is 35.5. The molecule has 2 aromatic carbocycles. The number of piperazine rings is 1. The number of quaternary nitrogens is 1. The van der Waals surface area contributed by atoms with Gasteiger partial charge in [0.15, 0.2) is 6.54 Å². The number of para-hydroxylation sites is 1. The summed E-state index contributed by atoms with van der Waals surface area (Å²) in [4.78, 5) is 27.0. The molecule has 0 bridgehead atoms. The van der Waals surface area contributed by atoms with Gasteiger partial charge in [0.25, 0.3) is 5.91 Å². The van der Waals surface area contributed by atoms with E-state index in [1.165, 1.54) is 11.2 Å². The van der Waals surface area contributed by atoms with Gasteiger partial charge in [-0.15, -0.1) is 0 Å². The molecule has 170 valence electrons. The van der Waals surface area contributed by atoms with Crippen molar-refractivity contribution in [3.63, 3.8) is 0 Å². The minimum absolute atomic E-state index is 0.0444. The molecule has 2 N–H and O–H groups in total. The van der Waals surface area contributed by atoms with Gasteiger partial charge in [0, 0.05) is 19.2 Å². The smallest absolute Gasteiger partial charge is 0.279 e. The number of rotatable bonds is 5. The van der Waals surface area contributed by atoms with Gasteiger partial charge < -0.3 is 15.1 Å². The Morgan fingerprint density at radius 3 is 2.50 bits per heavy atom. The van der Waals surface area contributed by atoms with Crippen LogP contribution in [-0.2, 0) is 26.0 Å². The van der Waals surface area contributed by atoms with E-state index in [4.69, 9.17) is 11.6 Å². The average molecular weight is 478 g/mol. The molecule has 0 aliphatic carbocycles. The van der Waals surface area contributed by atoms with Crippen molar-refractivity contribution in [2.75, 3.05) is 49.5 Å². The van der Waals surface area contributed by atoms with E-state index >= 15 is 0 Å². The molecule has 4 rings (SSSR count). The van der Waals surface area contributed by atoms with E-state index < -0.39 is 10.0 Å². The number of fused-ring (bicyclic) bond motifs is 1. The molecule has 2 amide bonds. The molecule has 2 aromatic rings.